The lowest BCUT2D eigenvalue weighted by molar-refractivity contribution is -0.132. The van der Waals surface area contributed by atoms with E-state index in [1.807, 2.05) is 6.92 Å². The van der Waals surface area contributed by atoms with Crippen LogP contribution in [0.4, 0.5) is 0 Å². The molecule has 0 unspecified atom stereocenters. The Hall–Kier alpha value is -2.57. The SMILES string of the molecule is CCC(=O)N1CCN(C(=O)c2ccc3oc(=O)[nH]c3c2)CC1. The summed E-state index contributed by atoms with van der Waals surface area (Å²) in [5.41, 5.74) is 1.44. The Morgan fingerprint density at radius 1 is 1.18 bits per heavy atom. The van der Waals surface area contributed by atoms with Gasteiger partial charge < -0.3 is 14.2 Å². The molecule has 0 aliphatic carbocycles. The number of hydrogen-bond acceptors (Lipinski definition) is 4. The summed E-state index contributed by atoms with van der Waals surface area (Å²) in [5, 5.41) is 0. The number of piperazine rings is 1. The molecule has 0 spiro atoms. The van der Waals surface area contributed by atoms with Crippen molar-refractivity contribution in [1.29, 1.82) is 0 Å². The summed E-state index contributed by atoms with van der Waals surface area (Å²) in [6.45, 7) is 3.99. The second-order valence-corrected chi connectivity index (χ2v) is 5.25. The lowest BCUT2D eigenvalue weighted by atomic mass is 10.1. The lowest BCUT2D eigenvalue weighted by Gasteiger charge is -2.34. The van der Waals surface area contributed by atoms with Gasteiger partial charge in [0.15, 0.2) is 5.58 Å². The van der Waals surface area contributed by atoms with Gasteiger partial charge in [-0.25, -0.2) is 4.79 Å². The molecule has 1 aromatic heterocycles. The van der Waals surface area contributed by atoms with E-state index in [4.69, 9.17) is 4.42 Å². The van der Waals surface area contributed by atoms with Crippen molar-refractivity contribution >= 4 is 22.9 Å². The predicted octanol–water partition coefficient (Wildman–Crippen LogP) is 0.816. The summed E-state index contributed by atoms with van der Waals surface area (Å²) in [6, 6.07) is 4.87. The minimum absolute atomic E-state index is 0.104. The molecule has 0 radical (unpaired) electrons. The highest BCUT2D eigenvalue weighted by Gasteiger charge is 2.24. The molecule has 2 amide bonds. The quantitative estimate of drug-likeness (QED) is 0.889. The van der Waals surface area contributed by atoms with Crippen LogP contribution in [0.2, 0.25) is 0 Å². The Labute approximate surface area is 126 Å². The maximum atomic E-state index is 12.5. The molecule has 1 aromatic carbocycles. The average Bonchev–Trinajstić information content (AvgIpc) is 2.92. The smallest absolute Gasteiger partial charge is 0.408 e. The van der Waals surface area contributed by atoms with Crippen LogP contribution in [0, 0.1) is 0 Å². The zero-order valence-electron chi connectivity index (χ0n) is 12.3. The van der Waals surface area contributed by atoms with Crippen molar-refractivity contribution in [3.05, 3.63) is 34.3 Å². The van der Waals surface area contributed by atoms with E-state index in [9.17, 15) is 14.4 Å². The molecule has 2 heterocycles. The first-order valence-corrected chi connectivity index (χ1v) is 7.28. The molecule has 0 atom stereocenters. The Kier molecular flexibility index (Phi) is 3.70. The second kappa shape index (κ2) is 5.67. The van der Waals surface area contributed by atoms with E-state index in [2.05, 4.69) is 4.98 Å². The molecule has 1 N–H and O–H groups in total. The molecule has 116 valence electrons. The van der Waals surface area contributed by atoms with Crippen LogP contribution in [0.25, 0.3) is 11.1 Å². The number of aromatic amines is 1. The van der Waals surface area contributed by atoms with Gasteiger partial charge in [-0.3, -0.25) is 14.6 Å². The molecule has 1 aliphatic rings. The van der Waals surface area contributed by atoms with Gasteiger partial charge >= 0.3 is 5.76 Å². The van der Waals surface area contributed by atoms with Crippen LogP contribution < -0.4 is 5.76 Å². The third-order valence-electron chi connectivity index (χ3n) is 3.89. The highest BCUT2D eigenvalue weighted by molar-refractivity contribution is 5.97. The maximum Gasteiger partial charge on any atom is 0.417 e. The van der Waals surface area contributed by atoms with E-state index in [-0.39, 0.29) is 11.8 Å². The van der Waals surface area contributed by atoms with Crippen molar-refractivity contribution in [3.63, 3.8) is 0 Å². The number of carbonyl (C=O) groups is 2. The number of nitrogens with zero attached hydrogens (tertiary/aromatic N) is 2. The second-order valence-electron chi connectivity index (χ2n) is 5.25. The zero-order chi connectivity index (χ0) is 15.7. The standard InChI is InChI=1S/C15H17N3O4/c1-2-13(19)17-5-7-18(8-6-17)14(20)10-3-4-12-11(9-10)16-15(21)22-12/h3-4,9H,2,5-8H2,1H3,(H,16,21). The summed E-state index contributed by atoms with van der Waals surface area (Å²) < 4.78 is 4.92. The number of H-pyrrole nitrogens is 1. The van der Waals surface area contributed by atoms with E-state index in [1.54, 1.807) is 28.0 Å². The molecule has 0 bridgehead atoms. The van der Waals surface area contributed by atoms with Crippen LogP contribution in [-0.4, -0.2) is 52.8 Å². The highest BCUT2D eigenvalue weighted by atomic mass is 16.4. The fourth-order valence-electron chi connectivity index (χ4n) is 2.65. The number of hydrogen-bond donors (Lipinski definition) is 1. The average molecular weight is 303 g/mol. The zero-order valence-corrected chi connectivity index (χ0v) is 12.3. The van der Waals surface area contributed by atoms with Crippen LogP contribution in [-0.2, 0) is 4.79 Å². The highest BCUT2D eigenvalue weighted by Crippen LogP contribution is 2.15. The number of amides is 2. The van der Waals surface area contributed by atoms with Crippen molar-refractivity contribution in [1.82, 2.24) is 14.8 Å². The normalized spacial score (nSPS) is 15.3. The maximum absolute atomic E-state index is 12.5. The lowest BCUT2D eigenvalue weighted by Crippen LogP contribution is -2.50. The Morgan fingerprint density at radius 3 is 2.55 bits per heavy atom. The summed E-state index contributed by atoms with van der Waals surface area (Å²) in [5.74, 6) is -0.525. The molecule has 7 heteroatoms. The summed E-state index contributed by atoms with van der Waals surface area (Å²) in [4.78, 5) is 41.3. The fourth-order valence-corrected chi connectivity index (χ4v) is 2.65. The van der Waals surface area contributed by atoms with Crippen molar-refractivity contribution in [2.45, 2.75) is 13.3 Å². The number of nitrogens with one attached hydrogen (secondary N) is 1. The number of benzene rings is 1. The van der Waals surface area contributed by atoms with Crippen LogP contribution in [0.5, 0.6) is 0 Å². The van der Waals surface area contributed by atoms with E-state index >= 15 is 0 Å². The molecular formula is C15H17N3O4. The van der Waals surface area contributed by atoms with Gasteiger partial charge in [-0.2, -0.15) is 0 Å². The molecule has 2 aromatic rings. The van der Waals surface area contributed by atoms with E-state index in [1.165, 1.54) is 0 Å². The molecule has 1 saturated heterocycles. The molecule has 1 aliphatic heterocycles. The molecule has 22 heavy (non-hydrogen) atoms. The van der Waals surface area contributed by atoms with Gasteiger partial charge in [0.2, 0.25) is 5.91 Å². The van der Waals surface area contributed by atoms with Crippen LogP contribution in [0.1, 0.15) is 23.7 Å². The van der Waals surface area contributed by atoms with Crippen molar-refractivity contribution in [2.24, 2.45) is 0 Å². The van der Waals surface area contributed by atoms with Crippen LogP contribution in [0.3, 0.4) is 0 Å². The Bertz CT molecular complexity index is 768. The predicted molar refractivity (Wildman–Crippen MR) is 79.6 cm³/mol. The Morgan fingerprint density at radius 2 is 1.86 bits per heavy atom. The minimum atomic E-state index is -0.536. The molecule has 0 saturated carbocycles. The summed E-state index contributed by atoms with van der Waals surface area (Å²) in [7, 11) is 0. The van der Waals surface area contributed by atoms with Gasteiger partial charge in [-0.15, -0.1) is 0 Å². The number of rotatable bonds is 2. The van der Waals surface area contributed by atoms with E-state index in [0.717, 1.165) is 0 Å². The first kappa shape index (κ1) is 14.4. The van der Waals surface area contributed by atoms with Crippen molar-refractivity contribution in [3.8, 4) is 0 Å². The third-order valence-corrected chi connectivity index (χ3v) is 3.89. The van der Waals surface area contributed by atoms with Gasteiger partial charge in [-0.1, -0.05) is 6.92 Å². The van der Waals surface area contributed by atoms with Crippen molar-refractivity contribution < 1.29 is 14.0 Å². The number of oxazole rings is 1. The van der Waals surface area contributed by atoms with Gasteiger partial charge in [0.1, 0.15) is 0 Å². The van der Waals surface area contributed by atoms with Gasteiger partial charge in [0.25, 0.3) is 5.91 Å². The largest absolute Gasteiger partial charge is 0.417 e. The minimum Gasteiger partial charge on any atom is -0.408 e. The van der Waals surface area contributed by atoms with Gasteiger partial charge in [0, 0.05) is 38.2 Å². The van der Waals surface area contributed by atoms with Gasteiger partial charge in [-0.05, 0) is 18.2 Å². The monoisotopic (exact) mass is 303 g/mol. The molecule has 3 rings (SSSR count). The van der Waals surface area contributed by atoms with Crippen molar-refractivity contribution in [2.75, 3.05) is 26.2 Å². The number of aromatic nitrogens is 1. The Balaban J connectivity index is 1.73. The first-order chi connectivity index (χ1) is 10.6. The third kappa shape index (κ3) is 2.61. The molecular weight excluding hydrogens is 286 g/mol. The first-order valence-electron chi connectivity index (χ1n) is 7.28. The topological polar surface area (TPSA) is 86.6 Å². The number of fused-ring (bicyclic) bond motifs is 1. The molecule has 1 fully saturated rings. The number of carbonyl (C=O) groups excluding carboxylic acids is 2. The summed E-state index contributed by atoms with van der Waals surface area (Å²) in [6.07, 6.45) is 0.485. The van der Waals surface area contributed by atoms with Crippen LogP contribution >= 0.6 is 0 Å². The molecule has 7 nitrogen and oxygen atoms in total. The fraction of sp³-hybridized carbons (Fsp3) is 0.400. The van der Waals surface area contributed by atoms with E-state index in [0.29, 0.717) is 49.3 Å². The van der Waals surface area contributed by atoms with Crippen LogP contribution in [0.15, 0.2) is 27.4 Å². The summed E-state index contributed by atoms with van der Waals surface area (Å²) >= 11 is 0. The van der Waals surface area contributed by atoms with Gasteiger partial charge in [0.05, 0.1) is 5.52 Å². The van der Waals surface area contributed by atoms with E-state index < -0.39 is 5.76 Å².